The molecule has 5 amide bonds. The first-order valence-electron chi connectivity index (χ1n) is 17.5. The summed E-state index contributed by atoms with van der Waals surface area (Å²) in [6, 6.07) is 12.2. The predicted molar refractivity (Wildman–Crippen MR) is 186 cm³/mol. The standard InChI is InChI=1S/C36H34B2N4O11/c39-34(46)21-11-25(27-18-52-38(50)29(27)13-21)24-12-22-17-51-37(49)28(22)15-26(24)35(47)40-9-3-6-30(40)36(48)41-16-20-5-2-1-4-19(20)10-23(41)14-33(45)53-42-31(43)7-8-32(42)44/h1-2,4-5,11-13,15,23,30,49-50H,3,6-10,14,16-18H2,(H2,39,46)/t23?,30-/m0/s1. The van der Waals surface area contributed by atoms with E-state index in [1.807, 2.05) is 24.3 Å². The van der Waals surface area contributed by atoms with E-state index in [1.54, 1.807) is 11.0 Å². The van der Waals surface area contributed by atoms with Gasteiger partial charge in [0.1, 0.15) is 6.04 Å². The molecule has 2 atom stereocenters. The van der Waals surface area contributed by atoms with E-state index >= 15 is 0 Å². The van der Waals surface area contributed by atoms with E-state index in [9.17, 15) is 38.8 Å². The van der Waals surface area contributed by atoms with Gasteiger partial charge in [0.25, 0.3) is 17.7 Å². The van der Waals surface area contributed by atoms with E-state index in [4.69, 9.17) is 19.9 Å². The number of fused-ring (bicyclic) bond motifs is 3. The van der Waals surface area contributed by atoms with Gasteiger partial charge in [-0.3, -0.25) is 24.0 Å². The van der Waals surface area contributed by atoms with Crippen LogP contribution in [-0.2, 0) is 59.5 Å². The Morgan fingerprint density at radius 3 is 2.34 bits per heavy atom. The van der Waals surface area contributed by atoms with Crippen LogP contribution in [0, 0.1) is 0 Å². The Kier molecular flexibility index (Phi) is 8.89. The molecule has 2 fully saturated rings. The van der Waals surface area contributed by atoms with Gasteiger partial charge in [-0.25, -0.2) is 4.79 Å². The molecule has 53 heavy (non-hydrogen) atoms. The van der Waals surface area contributed by atoms with E-state index in [1.165, 1.54) is 23.1 Å². The fourth-order valence-electron chi connectivity index (χ4n) is 8.01. The highest BCUT2D eigenvalue weighted by atomic mass is 16.7. The number of benzene rings is 3. The third-order valence-electron chi connectivity index (χ3n) is 10.7. The third-order valence-corrected chi connectivity index (χ3v) is 10.7. The molecule has 0 aromatic heterocycles. The fraction of sp³-hybridized carbons (Fsp3) is 0.333. The van der Waals surface area contributed by atoms with Gasteiger partial charge in [0.15, 0.2) is 0 Å². The molecule has 5 heterocycles. The van der Waals surface area contributed by atoms with Gasteiger partial charge in [0.2, 0.25) is 11.8 Å². The predicted octanol–water partition coefficient (Wildman–Crippen LogP) is -0.557. The topological polar surface area (TPSA) is 206 Å². The van der Waals surface area contributed by atoms with Crippen LogP contribution in [0.25, 0.3) is 11.1 Å². The molecular formula is C36H34B2N4O11. The van der Waals surface area contributed by atoms with Crippen molar-refractivity contribution in [2.75, 3.05) is 6.54 Å². The number of hydroxylamine groups is 2. The molecule has 3 aromatic rings. The summed E-state index contributed by atoms with van der Waals surface area (Å²) in [5.74, 6) is -3.67. The second-order valence-electron chi connectivity index (χ2n) is 13.9. The molecule has 5 aliphatic heterocycles. The van der Waals surface area contributed by atoms with Crippen molar-refractivity contribution >= 4 is 60.7 Å². The van der Waals surface area contributed by atoms with Crippen LogP contribution in [0.2, 0.25) is 0 Å². The van der Waals surface area contributed by atoms with Gasteiger partial charge in [0, 0.05) is 43.1 Å². The minimum absolute atomic E-state index is 0.000121. The zero-order valence-corrected chi connectivity index (χ0v) is 28.5. The van der Waals surface area contributed by atoms with Crippen molar-refractivity contribution in [3.63, 3.8) is 0 Å². The average Bonchev–Trinajstić information content (AvgIpc) is 3.95. The van der Waals surface area contributed by atoms with Crippen LogP contribution in [0.1, 0.15) is 75.1 Å². The lowest BCUT2D eigenvalue weighted by Gasteiger charge is -2.39. The fourth-order valence-corrected chi connectivity index (χ4v) is 8.01. The minimum atomic E-state index is -1.31. The zero-order valence-electron chi connectivity index (χ0n) is 28.5. The van der Waals surface area contributed by atoms with Gasteiger partial charge in [-0.2, -0.15) is 0 Å². The van der Waals surface area contributed by atoms with Crippen molar-refractivity contribution in [1.82, 2.24) is 14.9 Å². The van der Waals surface area contributed by atoms with Crippen molar-refractivity contribution in [3.05, 3.63) is 81.9 Å². The van der Waals surface area contributed by atoms with Crippen molar-refractivity contribution in [2.45, 2.75) is 70.4 Å². The van der Waals surface area contributed by atoms with Crippen LogP contribution in [0.4, 0.5) is 0 Å². The van der Waals surface area contributed by atoms with E-state index in [0.717, 1.165) is 11.1 Å². The Balaban J connectivity index is 1.13. The molecule has 270 valence electrons. The van der Waals surface area contributed by atoms with Gasteiger partial charge in [-0.15, -0.1) is 5.06 Å². The molecule has 2 saturated heterocycles. The Bertz CT molecular complexity index is 2100. The van der Waals surface area contributed by atoms with Crippen LogP contribution in [0.5, 0.6) is 0 Å². The quantitative estimate of drug-likeness (QED) is 0.209. The number of nitrogens with two attached hydrogens (primary N) is 1. The van der Waals surface area contributed by atoms with Crippen molar-refractivity contribution < 1.29 is 53.0 Å². The lowest BCUT2D eigenvalue weighted by Crippen LogP contribution is -2.53. The lowest BCUT2D eigenvalue weighted by atomic mass is 9.74. The molecule has 0 bridgehead atoms. The van der Waals surface area contributed by atoms with Crippen molar-refractivity contribution in [1.29, 1.82) is 0 Å². The summed E-state index contributed by atoms with van der Waals surface area (Å²) in [6.07, 6.45) is 0.769. The summed E-state index contributed by atoms with van der Waals surface area (Å²) in [5.41, 5.74) is 10.4. The number of carbonyl (C=O) groups excluding carboxylic acids is 6. The Morgan fingerprint density at radius 2 is 1.58 bits per heavy atom. The highest BCUT2D eigenvalue weighted by Gasteiger charge is 2.43. The van der Waals surface area contributed by atoms with Crippen LogP contribution < -0.4 is 16.7 Å². The number of primary amides is 1. The van der Waals surface area contributed by atoms with E-state index < -0.39 is 55.9 Å². The molecule has 0 saturated carbocycles. The van der Waals surface area contributed by atoms with Gasteiger partial charge >= 0.3 is 20.2 Å². The van der Waals surface area contributed by atoms with Crippen LogP contribution >= 0.6 is 0 Å². The number of hydrogen-bond acceptors (Lipinski definition) is 11. The summed E-state index contributed by atoms with van der Waals surface area (Å²) in [4.78, 5) is 87.3. The normalized spacial score (nSPS) is 20.5. The van der Waals surface area contributed by atoms with Crippen molar-refractivity contribution in [3.8, 4) is 11.1 Å². The maximum atomic E-state index is 14.8. The highest BCUT2D eigenvalue weighted by Crippen LogP contribution is 2.35. The lowest BCUT2D eigenvalue weighted by molar-refractivity contribution is -0.198. The van der Waals surface area contributed by atoms with Crippen LogP contribution in [0.3, 0.4) is 0 Å². The summed E-state index contributed by atoms with van der Waals surface area (Å²) >= 11 is 0. The maximum Gasteiger partial charge on any atom is 0.491 e. The van der Waals surface area contributed by atoms with Gasteiger partial charge in [-0.1, -0.05) is 24.3 Å². The molecule has 15 nitrogen and oxygen atoms in total. The molecule has 5 aliphatic rings. The molecule has 4 N–H and O–H groups in total. The average molecular weight is 720 g/mol. The number of amides is 5. The molecule has 17 heteroatoms. The Hall–Kier alpha value is -5.35. The second kappa shape index (κ2) is 13.6. The third kappa shape index (κ3) is 6.18. The largest absolute Gasteiger partial charge is 0.491 e. The van der Waals surface area contributed by atoms with Gasteiger partial charge in [-0.05, 0) is 87.8 Å². The molecule has 1 unspecified atom stereocenters. The van der Waals surface area contributed by atoms with Gasteiger partial charge in [0.05, 0.1) is 19.6 Å². The molecule has 3 aromatic carbocycles. The summed E-state index contributed by atoms with van der Waals surface area (Å²) in [6.45, 7) is 0.470. The summed E-state index contributed by atoms with van der Waals surface area (Å²) < 4.78 is 10.9. The van der Waals surface area contributed by atoms with Gasteiger partial charge < -0.3 is 39.7 Å². The first kappa shape index (κ1) is 34.7. The Labute approximate surface area is 303 Å². The maximum absolute atomic E-state index is 14.8. The summed E-state index contributed by atoms with van der Waals surface area (Å²) in [5, 5.41) is 21.7. The highest BCUT2D eigenvalue weighted by molar-refractivity contribution is 6.62. The minimum Gasteiger partial charge on any atom is -0.423 e. The van der Waals surface area contributed by atoms with E-state index in [2.05, 4.69) is 0 Å². The number of carbonyl (C=O) groups is 6. The molecule has 0 spiro atoms. The first-order valence-corrected chi connectivity index (χ1v) is 17.5. The van der Waals surface area contributed by atoms with Crippen molar-refractivity contribution in [2.24, 2.45) is 5.73 Å². The van der Waals surface area contributed by atoms with Crippen LogP contribution in [-0.4, -0.2) is 93.3 Å². The monoisotopic (exact) mass is 720 g/mol. The zero-order chi connectivity index (χ0) is 37.1. The van der Waals surface area contributed by atoms with E-state index in [-0.39, 0.29) is 62.6 Å². The smallest absolute Gasteiger partial charge is 0.423 e. The Morgan fingerprint density at radius 1 is 0.868 bits per heavy atom. The molecule has 0 aliphatic carbocycles. The number of rotatable bonds is 7. The second-order valence-corrected chi connectivity index (χ2v) is 13.9. The van der Waals surface area contributed by atoms with Crippen LogP contribution in [0.15, 0.2) is 48.5 Å². The molecule has 0 radical (unpaired) electrons. The molecular weight excluding hydrogens is 686 g/mol. The number of nitrogens with zero attached hydrogens (tertiary/aromatic N) is 3. The van der Waals surface area contributed by atoms with E-state index in [0.29, 0.717) is 57.5 Å². The molecule has 8 rings (SSSR count). The first-order chi connectivity index (χ1) is 25.5. The number of likely N-dealkylation sites (tertiary alicyclic amines) is 1. The number of hydrogen-bond donors (Lipinski definition) is 3. The summed E-state index contributed by atoms with van der Waals surface area (Å²) in [7, 11) is -2.59. The SMILES string of the molecule is NC(=O)c1cc2c(c(-c3cc4c(cc3C(=O)N3CCC[C@H]3C(=O)N3Cc5ccccc5CC3CC(=O)ON3C(=O)CCC3=O)B(O)OC4)c1)COB2O. The number of imide groups is 1.